The Morgan fingerprint density at radius 3 is 2.47 bits per heavy atom. The molecule has 0 saturated heterocycles. The molecular formula is C8H11F3N6O2. The van der Waals surface area contributed by atoms with Crippen molar-refractivity contribution < 1.29 is 22.7 Å². The van der Waals surface area contributed by atoms with Crippen LogP contribution in [0.15, 0.2) is 0 Å². The molecule has 0 bridgehead atoms. The minimum Gasteiger partial charge on any atom is -0.454 e. The second-order valence-corrected chi connectivity index (χ2v) is 3.53. The van der Waals surface area contributed by atoms with E-state index in [4.69, 9.17) is 5.73 Å². The van der Waals surface area contributed by atoms with E-state index >= 15 is 0 Å². The molecule has 0 aliphatic rings. The summed E-state index contributed by atoms with van der Waals surface area (Å²) in [6.07, 6.45) is -4.53. The summed E-state index contributed by atoms with van der Waals surface area (Å²) in [5, 5.41) is 2.03. The lowest BCUT2D eigenvalue weighted by molar-refractivity contribution is -0.154. The van der Waals surface area contributed by atoms with Crippen molar-refractivity contribution in [3.8, 4) is 6.01 Å². The van der Waals surface area contributed by atoms with Crippen LogP contribution in [0.4, 0.5) is 29.9 Å². The molecule has 106 valence electrons. The number of urea groups is 1. The molecule has 0 spiro atoms. The Morgan fingerprint density at radius 1 is 1.37 bits per heavy atom. The summed E-state index contributed by atoms with van der Waals surface area (Å²) >= 11 is 0. The molecule has 11 heteroatoms. The van der Waals surface area contributed by atoms with Gasteiger partial charge in [-0.15, -0.1) is 0 Å². The molecule has 0 radical (unpaired) electrons. The van der Waals surface area contributed by atoms with Crippen molar-refractivity contribution in [3.63, 3.8) is 0 Å². The van der Waals surface area contributed by atoms with Gasteiger partial charge in [-0.2, -0.15) is 28.1 Å². The molecule has 1 aromatic heterocycles. The van der Waals surface area contributed by atoms with Crippen LogP contribution in [0.3, 0.4) is 0 Å². The third kappa shape index (κ3) is 5.23. The molecule has 19 heavy (non-hydrogen) atoms. The van der Waals surface area contributed by atoms with Crippen molar-refractivity contribution in [2.75, 3.05) is 30.9 Å². The number of primary amides is 1. The summed E-state index contributed by atoms with van der Waals surface area (Å²) in [5.74, 6) is -0.292. The highest BCUT2D eigenvalue weighted by Crippen LogP contribution is 2.18. The van der Waals surface area contributed by atoms with Crippen molar-refractivity contribution in [1.29, 1.82) is 0 Å². The Morgan fingerprint density at radius 2 is 2.00 bits per heavy atom. The van der Waals surface area contributed by atoms with Crippen molar-refractivity contribution in [3.05, 3.63) is 0 Å². The van der Waals surface area contributed by atoms with Gasteiger partial charge in [0.05, 0.1) is 0 Å². The smallest absolute Gasteiger partial charge is 0.422 e. The summed E-state index contributed by atoms with van der Waals surface area (Å²) in [4.78, 5) is 22.9. The van der Waals surface area contributed by atoms with Crippen LogP contribution in [-0.4, -0.2) is 47.9 Å². The maximum absolute atomic E-state index is 12.0. The number of carbonyl (C=O) groups excluding carboxylic acids is 1. The average Bonchev–Trinajstić information content (AvgIpc) is 2.24. The molecule has 3 N–H and O–H groups in total. The van der Waals surface area contributed by atoms with E-state index in [9.17, 15) is 18.0 Å². The summed E-state index contributed by atoms with van der Waals surface area (Å²) in [6.45, 7) is -1.56. The van der Waals surface area contributed by atoms with E-state index in [2.05, 4.69) is 19.7 Å². The molecule has 0 saturated carbocycles. The quantitative estimate of drug-likeness (QED) is 0.825. The number of halogens is 3. The highest BCUT2D eigenvalue weighted by atomic mass is 19.4. The van der Waals surface area contributed by atoms with E-state index in [0.717, 1.165) is 0 Å². The molecule has 1 heterocycles. The topological polar surface area (TPSA) is 106 Å². The standard InChI is InChI=1S/C8H11F3N6O2/c1-17(2)6-14-5(13-4(12)18)15-7(16-6)19-3-8(9,10)11/h3H2,1-2H3,(H3,12,13,14,15,16,18). The van der Waals surface area contributed by atoms with Crippen LogP contribution in [0.25, 0.3) is 0 Å². The maximum atomic E-state index is 12.0. The van der Waals surface area contributed by atoms with E-state index in [1.54, 1.807) is 14.1 Å². The zero-order chi connectivity index (χ0) is 14.6. The zero-order valence-corrected chi connectivity index (χ0v) is 10.0. The van der Waals surface area contributed by atoms with Crippen molar-refractivity contribution in [2.45, 2.75) is 6.18 Å². The van der Waals surface area contributed by atoms with Crippen molar-refractivity contribution >= 4 is 17.9 Å². The molecule has 8 nitrogen and oxygen atoms in total. The first kappa shape index (κ1) is 14.7. The number of nitrogens with zero attached hydrogens (tertiary/aromatic N) is 4. The molecule has 0 aliphatic heterocycles. The average molecular weight is 280 g/mol. The third-order valence-electron chi connectivity index (χ3n) is 1.60. The number of aromatic nitrogens is 3. The van der Waals surface area contributed by atoms with Gasteiger partial charge < -0.3 is 15.4 Å². The normalized spacial score (nSPS) is 11.0. The monoisotopic (exact) mass is 280 g/mol. The van der Waals surface area contributed by atoms with Crippen molar-refractivity contribution in [2.24, 2.45) is 5.73 Å². The van der Waals surface area contributed by atoms with E-state index in [1.807, 2.05) is 5.32 Å². The van der Waals surface area contributed by atoms with Crippen molar-refractivity contribution in [1.82, 2.24) is 15.0 Å². The van der Waals surface area contributed by atoms with Crippen LogP contribution in [0.2, 0.25) is 0 Å². The number of hydrogen-bond donors (Lipinski definition) is 2. The number of alkyl halides is 3. The second kappa shape index (κ2) is 5.54. The van der Waals surface area contributed by atoms with Crippen LogP contribution in [0.1, 0.15) is 0 Å². The first-order valence-corrected chi connectivity index (χ1v) is 4.87. The number of nitrogens with two attached hydrogens (primary N) is 1. The predicted molar refractivity (Wildman–Crippen MR) is 58.9 cm³/mol. The van der Waals surface area contributed by atoms with Gasteiger partial charge in [-0.1, -0.05) is 0 Å². The molecule has 0 aliphatic carbocycles. The fraction of sp³-hybridized carbons (Fsp3) is 0.500. The lowest BCUT2D eigenvalue weighted by Gasteiger charge is -2.13. The molecule has 0 unspecified atom stereocenters. The lowest BCUT2D eigenvalue weighted by Crippen LogP contribution is -2.24. The highest BCUT2D eigenvalue weighted by Gasteiger charge is 2.29. The van der Waals surface area contributed by atoms with Crippen LogP contribution in [-0.2, 0) is 0 Å². The molecular weight excluding hydrogens is 269 g/mol. The van der Waals surface area contributed by atoms with Gasteiger partial charge in [0, 0.05) is 14.1 Å². The van der Waals surface area contributed by atoms with E-state index < -0.39 is 24.8 Å². The van der Waals surface area contributed by atoms with Gasteiger partial charge in [0.1, 0.15) is 0 Å². The number of nitrogens with one attached hydrogen (secondary N) is 1. The third-order valence-corrected chi connectivity index (χ3v) is 1.60. The molecule has 0 fully saturated rings. The fourth-order valence-corrected chi connectivity index (χ4v) is 0.923. The van der Waals surface area contributed by atoms with E-state index in [0.29, 0.717) is 0 Å². The Kier molecular flexibility index (Phi) is 4.30. The summed E-state index contributed by atoms with van der Waals surface area (Å²) < 4.78 is 40.4. The molecule has 2 amide bonds. The van der Waals surface area contributed by atoms with Gasteiger partial charge in [0.15, 0.2) is 6.61 Å². The number of carbonyl (C=O) groups is 1. The molecule has 1 aromatic rings. The molecule has 0 atom stereocenters. The SMILES string of the molecule is CN(C)c1nc(NC(N)=O)nc(OCC(F)(F)F)n1. The van der Waals surface area contributed by atoms with Gasteiger partial charge in [-0.3, -0.25) is 5.32 Å². The lowest BCUT2D eigenvalue weighted by atomic mass is 10.7. The van der Waals surface area contributed by atoms with Gasteiger partial charge in [-0.25, -0.2) is 4.79 Å². The minimum atomic E-state index is -4.53. The number of hydrogen-bond acceptors (Lipinski definition) is 6. The van der Waals surface area contributed by atoms with Gasteiger partial charge in [-0.05, 0) is 0 Å². The summed E-state index contributed by atoms with van der Waals surface area (Å²) in [7, 11) is 3.10. The Labute approximate surface area is 105 Å². The number of amides is 2. The fourth-order valence-electron chi connectivity index (χ4n) is 0.923. The van der Waals surface area contributed by atoms with Gasteiger partial charge in [0.2, 0.25) is 11.9 Å². The number of anilines is 2. The first-order chi connectivity index (χ1) is 8.67. The van der Waals surface area contributed by atoms with Crippen LogP contribution in [0.5, 0.6) is 6.01 Å². The minimum absolute atomic E-state index is 0.0101. The Bertz CT molecular complexity index is 464. The largest absolute Gasteiger partial charge is 0.454 e. The van der Waals surface area contributed by atoms with Gasteiger partial charge >= 0.3 is 18.2 Å². The maximum Gasteiger partial charge on any atom is 0.422 e. The first-order valence-electron chi connectivity index (χ1n) is 4.87. The van der Waals surface area contributed by atoms with Crippen LogP contribution < -0.4 is 20.7 Å². The number of rotatable bonds is 4. The second-order valence-electron chi connectivity index (χ2n) is 3.53. The Balaban J connectivity index is 2.96. The molecule has 1 rings (SSSR count). The van der Waals surface area contributed by atoms with Crippen LogP contribution in [0, 0.1) is 0 Å². The predicted octanol–water partition coefficient (Wildman–Crippen LogP) is 0.369. The number of ether oxygens (including phenoxy) is 1. The van der Waals surface area contributed by atoms with E-state index in [1.165, 1.54) is 4.90 Å². The highest BCUT2D eigenvalue weighted by molar-refractivity contribution is 5.85. The zero-order valence-electron chi connectivity index (χ0n) is 10.0. The van der Waals surface area contributed by atoms with E-state index in [-0.39, 0.29) is 11.9 Å². The van der Waals surface area contributed by atoms with Crippen LogP contribution >= 0.6 is 0 Å². The summed E-state index contributed by atoms with van der Waals surface area (Å²) in [6, 6.07) is -1.53. The summed E-state index contributed by atoms with van der Waals surface area (Å²) in [5.41, 5.74) is 4.86. The Hall–Kier alpha value is -2.33. The van der Waals surface area contributed by atoms with Gasteiger partial charge in [0.25, 0.3) is 0 Å². The molecule has 0 aromatic carbocycles.